The molecule has 1 aliphatic carbocycles. The zero-order valence-electron chi connectivity index (χ0n) is 16.3. The van der Waals surface area contributed by atoms with E-state index in [1.54, 1.807) is 4.90 Å². The lowest BCUT2D eigenvalue weighted by molar-refractivity contribution is -0.136. The van der Waals surface area contributed by atoms with Crippen LogP contribution in [0.5, 0.6) is 0 Å². The van der Waals surface area contributed by atoms with Gasteiger partial charge in [0.25, 0.3) is 5.91 Å². The van der Waals surface area contributed by atoms with Crippen LogP contribution in [0.1, 0.15) is 60.0 Å². The van der Waals surface area contributed by atoms with E-state index >= 15 is 0 Å². The van der Waals surface area contributed by atoms with E-state index in [1.807, 2.05) is 19.2 Å². The van der Waals surface area contributed by atoms with Crippen molar-refractivity contribution in [2.24, 2.45) is 0 Å². The van der Waals surface area contributed by atoms with Crippen LogP contribution in [0.3, 0.4) is 0 Å². The highest BCUT2D eigenvalue weighted by Crippen LogP contribution is 2.28. The minimum atomic E-state index is -0.556. The molecule has 1 aromatic rings. The zero-order chi connectivity index (χ0) is 19.7. The quantitative estimate of drug-likeness (QED) is 0.661. The van der Waals surface area contributed by atoms with E-state index in [0.29, 0.717) is 30.6 Å². The van der Waals surface area contributed by atoms with E-state index in [1.165, 1.54) is 19.3 Å². The highest BCUT2D eigenvalue weighted by Gasteiger charge is 2.39. The second kappa shape index (κ2) is 8.01. The summed E-state index contributed by atoms with van der Waals surface area (Å²) in [5.74, 6) is -0.745. The van der Waals surface area contributed by atoms with E-state index in [9.17, 15) is 14.4 Å². The maximum Gasteiger partial charge on any atom is 0.255 e. The lowest BCUT2D eigenvalue weighted by atomic mass is 9.91. The average Bonchev–Trinajstić information content (AvgIpc) is 3.02. The van der Waals surface area contributed by atoms with Gasteiger partial charge in [-0.25, -0.2) is 0 Å². The molecule has 4 rings (SSSR count). The Labute approximate surface area is 165 Å². The van der Waals surface area contributed by atoms with Gasteiger partial charge in [0.1, 0.15) is 6.04 Å². The number of hydrogen-bond acceptors (Lipinski definition) is 5. The maximum absolute atomic E-state index is 12.7. The number of imide groups is 1. The molecule has 0 radical (unpaired) electrons. The number of carbonyl (C=O) groups is 3. The summed E-state index contributed by atoms with van der Waals surface area (Å²) in [7, 11) is 2.03. The number of benzene rings is 1. The van der Waals surface area contributed by atoms with Gasteiger partial charge >= 0.3 is 0 Å². The Balaban J connectivity index is 1.39. The van der Waals surface area contributed by atoms with E-state index in [-0.39, 0.29) is 24.1 Å². The summed E-state index contributed by atoms with van der Waals surface area (Å²) in [4.78, 5) is 37.9. The summed E-state index contributed by atoms with van der Waals surface area (Å²) >= 11 is 0. The van der Waals surface area contributed by atoms with Crippen molar-refractivity contribution in [1.29, 1.82) is 0 Å². The monoisotopic (exact) mass is 384 g/mol. The van der Waals surface area contributed by atoms with Crippen LogP contribution < -0.4 is 16.0 Å². The molecular weight excluding hydrogens is 356 g/mol. The molecule has 1 aromatic carbocycles. The van der Waals surface area contributed by atoms with Gasteiger partial charge in [-0.15, -0.1) is 0 Å². The molecule has 2 aliphatic heterocycles. The normalized spacial score (nSPS) is 27.7. The summed E-state index contributed by atoms with van der Waals surface area (Å²) in [6.07, 6.45) is 5.50. The van der Waals surface area contributed by atoms with Crippen LogP contribution in [0.2, 0.25) is 0 Å². The third kappa shape index (κ3) is 3.82. The second-order valence-electron chi connectivity index (χ2n) is 8.12. The fraction of sp³-hybridized carbons (Fsp3) is 0.571. The Morgan fingerprint density at radius 1 is 1.14 bits per heavy atom. The van der Waals surface area contributed by atoms with Gasteiger partial charge in [-0.05, 0) is 49.9 Å². The molecule has 3 aliphatic rings. The topological polar surface area (TPSA) is 90.5 Å². The molecule has 7 nitrogen and oxygen atoms in total. The predicted octanol–water partition coefficient (Wildman–Crippen LogP) is 1.07. The zero-order valence-corrected chi connectivity index (χ0v) is 16.3. The molecule has 0 aromatic heterocycles. The van der Waals surface area contributed by atoms with E-state index in [2.05, 4.69) is 22.0 Å². The summed E-state index contributed by atoms with van der Waals surface area (Å²) in [6, 6.07) is 6.49. The highest BCUT2D eigenvalue weighted by atomic mass is 16.2. The number of nitrogens with one attached hydrogen (secondary N) is 3. The third-order valence-electron chi connectivity index (χ3n) is 6.27. The van der Waals surface area contributed by atoms with Gasteiger partial charge in [-0.2, -0.15) is 0 Å². The van der Waals surface area contributed by atoms with Crippen LogP contribution >= 0.6 is 0 Å². The first-order valence-electron chi connectivity index (χ1n) is 10.2. The smallest absolute Gasteiger partial charge is 0.255 e. The molecule has 3 atom stereocenters. The molecular formula is C21H28N4O3. The Hall–Kier alpha value is -2.25. The fourth-order valence-corrected chi connectivity index (χ4v) is 4.64. The molecule has 3 unspecified atom stereocenters. The summed E-state index contributed by atoms with van der Waals surface area (Å²) in [6.45, 7) is 1.21. The Morgan fingerprint density at radius 3 is 2.75 bits per heavy atom. The molecule has 2 fully saturated rings. The van der Waals surface area contributed by atoms with Gasteiger partial charge in [0.15, 0.2) is 0 Å². The lowest BCUT2D eigenvalue weighted by Crippen LogP contribution is -2.52. The number of carbonyl (C=O) groups excluding carboxylic acids is 3. The van der Waals surface area contributed by atoms with Crippen molar-refractivity contribution in [3.63, 3.8) is 0 Å². The van der Waals surface area contributed by atoms with Crippen molar-refractivity contribution < 1.29 is 14.4 Å². The maximum atomic E-state index is 12.7. The molecule has 3 amide bonds. The van der Waals surface area contributed by atoms with Crippen molar-refractivity contribution in [2.75, 3.05) is 7.05 Å². The van der Waals surface area contributed by atoms with Crippen LogP contribution in [-0.4, -0.2) is 47.8 Å². The molecule has 0 spiro atoms. The first-order chi connectivity index (χ1) is 13.5. The van der Waals surface area contributed by atoms with E-state index < -0.39 is 6.04 Å². The van der Waals surface area contributed by atoms with Crippen molar-refractivity contribution in [3.05, 3.63) is 34.9 Å². The number of piperidine rings is 1. The molecule has 2 heterocycles. The number of nitrogens with zero attached hydrogens (tertiary/aromatic N) is 1. The van der Waals surface area contributed by atoms with Crippen LogP contribution in [0.4, 0.5) is 0 Å². The van der Waals surface area contributed by atoms with Crippen molar-refractivity contribution in [3.8, 4) is 0 Å². The van der Waals surface area contributed by atoms with E-state index in [0.717, 1.165) is 24.1 Å². The van der Waals surface area contributed by atoms with Gasteiger partial charge in [0, 0.05) is 37.2 Å². The van der Waals surface area contributed by atoms with Crippen LogP contribution in [0.15, 0.2) is 18.2 Å². The van der Waals surface area contributed by atoms with Crippen molar-refractivity contribution in [1.82, 2.24) is 20.9 Å². The average molecular weight is 384 g/mol. The molecule has 28 heavy (non-hydrogen) atoms. The number of hydrogen-bond donors (Lipinski definition) is 3. The van der Waals surface area contributed by atoms with E-state index in [4.69, 9.17) is 0 Å². The Morgan fingerprint density at radius 2 is 1.96 bits per heavy atom. The van der Waals surface area contributed by atoms with Crippen LogP contribution in [0, 0.1) is 0 Å². The highest BCUT2D eigenvalue weighted by molar-refractivity contribution is 6.05. The molecule has 1 saturated carbocycles. The molecule has 7 heteroatoms. The largest absolute Gasteiger partial charge is 0.322 e. The molecule has 3 N–H and O–H groups in total. The van der Waals surface area contributed by atoms with Gasteiger partial charge in [0.2, 0.25) is 11.8 Å². The van der Waals surface area contributed by atoms with Crippen LogP contribution in [0.25, 0.3) is 0 Å². The lowest BCUT2D eigenvalue weighted by Gasteiger charge is -2.29. The molecule has 0 bridgehead atoms. The fourth-order valence-electron chi connectivity index (χ4n) is 4.64. The minimum absolute atomic E-state index is 0.117. The summed E-state index contributed by atoms with van der Waals surface area (Å²) in [5, 5.41) is 9.37. The van der Waals surface area contributed by atoms with Crippen molar-refractivity contribution >= 4 is 17.7 Å². The standard InChI is InChI=1S/C21H28N4O3/c1-22-15-3-2-4-16(10-15)23-11-13-5-6-17-14(9-13)12-25(21(17)28)18-7-8-19(26)24-20(18)27/h5-6,9,15-16,18,22-23H,2-4,7-8,10-12H2,1H3,(H,24,26,27). The van der Waals surface area contributed by atoms with Crippen LogP contribution in [-0.2, 0) is 22.7 Å². The van der Waals surface area contributed by atoms with Gasteiger partial charge in [0.05, 0.1) is 0 Å². The molecule has 1 saturated heterocycles. The minimum Gasteiger partial charge on any atom is -0.322 e. The summed E-state index contributed by atoms with van der Waals surface area (Å²) in [5.41, 5.74) is 2.79. The summed E-state index contributed by atoms with van der Waals surface area (Å²) < 4.78 is 0. The first kappa shape index (κ1) is 19.1. The number of fused-ring (bicyclic) bond motifs is 1. The van der Waals surface area contributed by atoms with Gasteiger partial charge in [-0.3, -0.25) is 19.7 Å². The van der Waals surface area contributed by atoms with Gasteiger partial charge in [-0.1, -0.05) is 18.6 Å². The Bertz CT molecular complexity index is 794. The Kier molecular flexibility index (Phi) is 5.46. The number of rotatable bonds is 5. The molecule has 150 valence electrons. The third-order valence-corrected chi connectivity index (χ3v) is 6.27. The SMILES string of the molecule is CNC1CCCC(NCc2ccc3c(c2)CN(C2CCC(=O)NC2=O)C3=O)C1. The first-order valence-corrected chi connectivity index (χ1v) is 10.2. The van der Waals surface area contributed by atoms with Crippen molar-refractivity contribution in [2.45, 2.75) is 69.7 Å². The number of amides is 3. The predicted molar refractivity (Wildman–Crippen MR) is 104 cm³/mol. The van der Waals surface area contributed by atoms with Gasteiger partial charge < -0.3 is 15.5 Å². The second-order valence-corrected chi connectivity index (χ2v) is 8.12.